The third kappa shape index (κ3) is 4.53. The zero-order chi connectivity index (χ0) is 18.1. The highest BCUT2D eigenvalue weighted by Crippen LogP contribution is 2.39. The third-order valence-corrected chi connectivity index (χ3v) is 4.23. The standard InChI is InChI=1S/C19H27F2NO2/c1-18(2,3)11-19(4,5)16-13(20)9-12(10-14(16)21)24-17(23)15-7-6-8-22-15/h9-10,15,22H,6-8,11H2,1-5H3. The van der Waals surface area contributed by atoms with Gasteiger partial charge in [0.15, 0.2) is 0 Å². The van der Waals surface area contributed by atoms with E-state index in [2.05, 4.69) is 5.32 Å². The minimum atomic E-state index is -0.675. The van der Waals surface area contributed by atoms with Crippen LogP contribution in [0.3, 0.4) is 0 Å². The molecule has 1 aromatic rings. The monoisotopic (exact) mass is 339 g/mol. The Morgan fingerprint density at radius 2 is 1.79 bits per heavy atom. The van der Waals surface area contributed by atoms with Gasteiger partial charge in [-0.15, -0.1) is 0 Å². The van der Waals surface area contributed by atoms with Gasteiger partial charge >= 0.3 is 5.97 Å². The molecular weight excluding hydrogens is 312 g/mol. The van der Waals surface area contributed by atoms with E-state index in [9.17, 15) is 13.6 Å². The summed E-state index contributed by atoms with van der Waals surface area (Å²) >= 11 is 0. The molecule has 1 unspecified atom stereocenters. The Morgan fingerprint density at radius 1 is 1.21 bits per heavy atom. The van der Waals surface area contributed by atoms with Gasteiger partial charge in [-0.3, -0.25) is 0 Å². The Hall–Kier alpha value is -1.49. The second kappa shape index (κ2) is 6.79. The highest BCUT2D eigenvalue weighted by atomic mass is 19.1. The van der Waals surface area contributed by atoms with Crippen LogP contribution in [0.5, 0.6) is 5.75 Å². The minimum absolute atomic E-state index is 0.0382. The van der Waals surface area contributed by atoms with Gasteiger partial charge in [-0.05, 0) is 36.6 Å². The molecule has 2 rings (SSSR count). The first-order valence-electron chi connectivity index (χ1n) is 8.44. The number of benzene rings is 1. The number of nitrogens with one attached hydrogen (secondary N) is 1. The van der Waals surface area contributed by atoms with Crippen LogP contribution in [0.25, 0.3) is 0 Å². The second-order valence-electron chi connectivity index (χ2n) is 8.45. The fourth-order valence-corrected chi connectivity index (χ4v) is 3.74. The number of carbonyl (C=O) groups is 1. The van der Waals surface area contributed by atoms with E-state index in [1.54, 1.807) is 0 Å². The molecule has 0 aliphatic carbocycles. The van der Waals surface area contributed by atoms with Crippen molar-refractivity contribution in [2.24, 2.45) is 5.41 Å². The smallest absolute Gasteiger partial charge is 0.328 e. The van der Waals surface area contributed by atoms with Gasteiger partial charge < -0.3 is 10.1 Å². The van der Waals surface area contributed by atoms with Gasteiger partial charge in [-0.2, -0.15) is 0 Å². The molecule has 24 heavy (non-hydrogen) atoms. The summed E-state index contributed by atoms with van der Waals surface area (Å²) in [6.07, 6.45) is 2.20. The summed E-state index contributed by atoms with van der Waals surface area (Å²) in [4.78, 5) is 12.0. The lowest BCUT2D eigenvalue weighted by atomic mass is 9.72. The van der Waals surface area contributed by atoms with Gasteiger partial charge in [0, 0.05) is 17.7 Å². The number of rotatable bonds is 4. The number of hydrogen-bond donors (Lipinski definition) is 1. The average Bonchev–Trinajstić information content (AvgIpc) is 2.87. The number of halogens is 2. The van der Waals surface area contributed by atoms with Gasteiger partial charge in [-0.1, -0.05) is 34.6 Å². The van der Waals surface area contributed by atoms with Gasteiger partial charge in [0.05, 0.1) is 0 Å². The Bertz CT molecular complexity index is 591. The summed E-state index contributed by atoms with van der Waals surface area (Å²) in [5, 5.41) is 3.01. The third-order valence-electron chi connectivity index (χ3n) is 4.23. The van der Waals surface area contributed by atoms with Crippen LogP contribution in [0.15, 0.2) is 12.1 Å². The summed E-state index contributed by atoms with van der Waals surface area (Å²) in [5.74, 6) is -1.93. The molecule has 3 nitrogen and oxygen atoms in total. The van der Waals surface area contributed by atoms with Crippen molar-refractivity contribution in [2.75, 3.05) is 6.54 Å². The van der Waals surface area contributed by atoms with Crippen molar-refractivity contribution in [2.45, 2.75) is 65.3 Å². The van der Waals surface area contributed by atoms with E-state index in [1.165, 1.54) is 0 Å². The van der Waals surface area contributed by atoms with Crippen LogP contribution in [0, 0.1) is 17.0 Å². The molecule has 0 bridgehead atoms. The van der Waals surface area contributed by atoms with Crippen LogP contribution in [0.2, 0.25) is 0 Å². The molecule has 134 valence electrons. The highest BCUT2D eigenvalue weighted by molar-refractivity contribution is 5.78. The molecule has 0 aromatic heterocycles. The number of carbonyl (C=O) groups excluding carboxylic acids is 1. The molecule has 0 saturated carbocycles. The largest absolute Gasteiger partial charge is 0.425 e. The SMILES string of the molecule is CC(C)(C)CC(C)(C)c1c(F)cc(OC(=O)C2CCCN2)cc1F. The van der Waals surface area contributed by atoms with Crippen LogP contribution in [0.4, 0.5) is 8.78 Å². The average molecular weight is 339 g/mol. The first-order valence-corrected chi connectivity index (χ1v) is 8.44. The first-order chi connectivity index (χ1) is 11.0. The van der Waals surface area contributed by atoms with Gasteiger partial charge in [-0.25, -0.2) is 13.6 Å². The molecule has 0 radical (unpaired) electrons. The van der Waals surface area contributed by atoms with Gasteiger partial charge in [0.25, 0.3) is 0 Å². The van der Waals surface area contributed by atoms with Crippen LogP contribution >= 0.6 is 0 Å². The summed E-state index contributed by atoms with van der Waals surface area (Å²) in [6.45, 7) is 10.5. The molecule has 1 saturated heterocycles. The van der Waals surface area contributed by atoms with Crippen molar-refractivity contribution in [3.8, 4) is 5.75 Å². The zero-order valence-electron chi connectivity index (χ0n) is 15.1. The fraction of sp³-hybridized carbons (Fsp3) is 0.632. The van der Waals surface area contributed by atoms with E-state index >= 15 is 0 Å². The normalized spacial score (nSPS) is 18.7. The number of esters is 1. The summed E-state index contributed by atoms with van der Waals surface area (Å²) in [5.41, 5.74) is -0.694. The lowest BCUT2D eigenvalue weighted by molar-refractivity contribution is -0.136. The molecule has 1 aliphatic heterocycles. The molecule has 5 heteroatoms. The van der Waals surface area contributed by atoms with E-state index in [1.807, 2.05) is 34.6 Å². The summed E-state index contributed by atoms with van der Waals surface area (Å²) < 4.78 is 34.3. The maximum atomic E-state index is 14.6. The maximum Gasteiger partial charge on any atom is 0.328 e. The molecule has 1 aliphatic rings. The molecule has 0 amide bonds. The minimum Gasteiger partial charge on any atom is -0.425 e. The van der Waals surface area contributed by atoms with Gasteiger partial charge in [0.2, 0.25) is 0 Å². The zero-order valence-corrected chi connectivity index (χ0v) is 15.1. The molecule has 1 N–H and O–H groups in total. The number of hydrogen-bond acceptors (Lipinski definition) is 3. The van der Waals surface area contributed by atoms with Gasteiger partial charge in [0.1, 0.15) is 23.4 Å². The Labute approximate surface area is 142 Å². The predicted octanol–water partition coefficient (Wildman–Crippen LogP) is 4.34. The van der Waals surface area contributed by atoms with Crippen LogP contribution < -0.4 is 10.1 Å². The molecular formula is C19H27F2NO2. The Kier molecular flexibility index (Phi) is 5.33. The summed E-state index contributed by atoms with van der Waals surface area (Å²) in [7, 11) is 0. The lowest BCUT2D eigenvalue weighted by Crippen LogP contribution is -2.34. The Balaban J connectivity index is 2.23. The van der Waals surface area contributed by atoms with Crippen molar-refractivity contribution < 1.29 is 18.3 Å². The predicted molar refractivity (Wildman–Crippen MR) is 90.1 cm³/mol. The van der Waals surface area contributed by atoms with E-state index in [0.29, 0.717) is 12.8 Å². The van der Waals surface area contributed by atoms with Crippen molar-refractivity contribution in [1.82, 2.24) is 5.32 Å². The van der Waals surface area contributed by atoms with Crippen molar-refractivity contribution in [1.29, 1.82) is 0 Å². The van der Waals surface area contributed by atoms with Crippen LogP contribution in [-0.2, 0) is 10.2 Å². The molecule has 1 aromatic carbocycles. The highest BCUT2D eigenvalue weighted by Gasteiger charge is 2.33. The second-order valence-corrected chi connectivity index (χ2v) is 8.45. The van der Waals surface area contributed by atoms with E-state index in [-0.39, 0.29) is 16.7 Å². The fourth-order valence-electron chi connectivity index (χ4n) is 3.74. The number of ether oxygens (including phenoxy) is 1. The van der Waals surface area contributed by atoms with Crippen molar-refractivity contribution in [3.05, 3.63) is 29.3 Å². The molecule has 1 heterocycles. The quantitative estimate of drug-likeness (QED) is 0.655. The molecule has 0 spiro atoms. The van der Waals surface area contributed by atoms with Crippen LogP contribution in [0.1, 0.15) is 59.4 Å². The van der Waals surface area contributed by atoms with E-state index < -0.39 is 29.1 Å². The maximum absolute atomic E-state index is 14.6. The van der Waals surface area contributed by atoms with E-state index in [0.717, 1.165) is 25.1 Å². The topological polar surface area (TPSA) is 38.3 Å². The van der Waals surface area contributed by atoms with Crippen molar-refractivity contribution in [3.63, 3.8) is 0 Å². The van der Waals surface area contributed by atoms with Crippen molar-refractivity contribution >= 4 is 5.97 Å². The van der Waals surface area contributed by atoms with E-state index in [4.69, 9.17) is 4.74 Å². The Morgan fingerprint density at radius 3 is 2.25 bits per heavy atom. The molecule has 1 fully saturated rings. The first kappa shape index (κ1) is 18.8. The summed E-state index contributed by atoms with van der Waals surface area (Å²) in [6, 6.07) is 1.82. The van der Waals surface area contributed by atoms with Crippen LogP contribution in [-0.4, -0.2) is 18.6 Å². The lowest BCUT2D eigenvalue weighted by Gasteiger charge is -2.33. The molecule has 1 atom stereocenters.